The topological polar surface area (TPSA) is 254 Å². The maximum absolute atomic E-state index is 14.7. The fraction of sp³-hybridized carbons (Fsp3) is 0.633. The highest BCUT2D eigenvalue weighted by Gasteiger charge is 2.60. The third-order valence-electron chi connectivity index (χ3n) is 15.3. The number of phenolic OH excluding ortho intramolecular Hbond substituents is 1. The van der Waals surface area contributed by atoms with E-state index in [1.165, 1.54) is 18.2 Å². The number of carbonyl (C=O) groups is 4. The zero-order valence-corrected chi connectivity index (χ0v) is 38.9. The average molecular weight is 957 g/mol. The minimum Gasteiger partial charge on any atom is -0.507 e. The summed E-state index contributed by atoms with van der Waals surface area (Å²) in [5, 5.41) is 66.3. The molecule has 2 saturated heterocycles. The van der Waals surface area contributed by atoms with Gasteiger partial charge in [-0.3, -0.25) is 4.79 Å². The van der Waals surface area contributed by atoms with Crippen LogP contribution >= 0.6 is 11.6 Å². The van der Waals surface area contributed by atoms with Gasteiger partial charge in [0.25, 0.3) is 5.76 Å². The lowest BCUT2D eigenvalue weighted by Crippen LogP contribution is -2.61. The molecule has 17 atom stereocenters. The SMILES string of the molecule is Cc1c(Cl)ccc(O)c1C(=O)OC1C(O)CC(OC2C(C)OC(OC3CCCC4C3C=CC3CCCCC=CC5C=C(C(=O)O)C(C)CC56OC(=O)C(=C6O)OC(=O)C34C)C(O)C2O)OC1C. The number of hydrogen-bond donors (Lipinski definition) is 6. The van der Waals surface area contributed by atoms with E-state index in [1.54, 1.807) is 33.8 Å². The van der Waals surface area contributed by atoms with E-state index >= 15 is 0 Å². The first-order valence-corrected chi connectivity index (χ1v) is 23.7. The highest BCUT2D eigenvalue weighted by atomic mass is 35.5. The number of phenols is 1. The maximum Gasteiger partial charge on any atom is 0.379 e. The standard InChI is InChI=1S/C49H61ClO17/c1-22-21-49-27(19-29(22)43(56)57)12-9-7-6-8-11-26-15-16-28-30(48(26,5)47(60)66-41(42(49)55)45(59)67-49)13-10-14-34(28)63-46-38(54)37(53)40(25(4)62-46)64-35-20-33(52)39(24(3)61-35)65-44(58)36-23(2)31(50)17-18-32(36)51/h9,12,15-19,22,24-28,30,33-35,37-40,46,51-55H,6-8,10-11,13-14,20-21H2,1-5H3,(H,56,57). The smallest absolute Gasteiger partial charge is 0.379 e. The molecule has 67 heavy (non-hydrogen) atoms. The molecule has 0 radical (unpaired) electrons. The molecule has 6 N–H and O–H groups in total. The van der Waals surface area contributed by atoms with Crippen molar-refractivity contribution in [2.24, 2.45) is 35.0 Å². The Labute approximate surface area is 393 Å². The van der Waals surface area contributed by atoms with Gasteiger partial charge in [-0.2, -0.15) is 0 Å². The van der Waals surface area contributed by atoms with Crippen LogP contribution in [0.5, 0.6) is 5.75 Å². The van der Waals surface area contributed by atoms with E-state index in [0.717, 1.165) is 12.8 Å². The molecule has 18 heteroatoms. The molecule has 0 aromatic heterocycles. The zero-order chi connectivity index (χ0) is 48.3. The van der Waals surface area contributed by atoms with Gasteiger partial charge in [-0.1, -0.05) is 61.7 Å². The van der Waals surface area contributed by atoms with Crippen molar-refractivity contribution in [2.45, 2.75) is 159 Å². The Morgan fingerprint density at radius 2 is 1.64 bits per heavy atom. The number of carbonyl (C=O) groups excluding carboxylic acids is 3. The number of aliphatic carboxylic acids is 1. The summed E-state index contributed by atoms with van der Waals surface area (Å²) in [6.07, 6.45) is 2.05. The molecule has 2 bridgehead atoms. The van der Waals surface area contributed by atoms with Crippen molar-refractivity contribution in [3.8, 4) is 5.75 Å². The Kier molecular flexibility index (Phi) is 14.1. The fourth-order valence-corrected chi connectivity index (χ4v) is 11.7. The number of carboxylic acids is 1. The molecule has 1 spiro atoms. The summed E-state index contributed by atoms with van der Waals surface area (Å²) >= 11 is 6.15. The minimum atomic E-state index is -1.65. The van der Waals surface area contributed by atoms with Crippen molar-refractivity contribution < 1.29 is 83.0 Å². The third-order valence-corrected chi connectivity index (χ3v) is 15.7. The van der Waals surface area contributed by atoms with E-state index in [4.69, 9.17) is 44.8 Å². The average Bonchev–Trinajstić information content (AvgIpc) is 3.50. The van der Waals surface area contributed by atoms with Crippen LogP contribution in [0.2, 0.25) is 5.02 Å². The zero-order valence-electron chi connectivity index (χ0n) is 38.1. The van der Waals surface area contributed by atoms with Crippen molar-refractivity contribution >= 4 is 35.5 Å². The van der Waals surface area contributed by atoms with E-state index in [9.17, 15) is 49.8 Å². The Morgan fingerprint density at radius 3 is 2.37 bits per heavy atom. The second kappa shape index (κ2) is 19.2. The van der Waals surface area contributed by atoms with Crippen LogP contribution in [0.15, 0.2) is 59.6 Å². The molecule has 0 amide bonds. The van der Waals surface area contributed by atoms with Crippen molar-refractivity contribution in [1.29, 1.82) is 0 Å². The van der Waals surface area contributed by atoms with Crippen LogP contribution in [0, 0.1) is 41.9 Å². The number of aliphatic hydroxyl groups excluding tert-OH is 4. The lowest BCUT2D eigenvalue weighted by molar-refractivity contribution is -0.343. The second-order valence-corrected chi connectivity index (χ2v) is 19.9. The molecular formula is C49H61ClO17. The highest BCUT2D eigenvalue weighted by Crippen LogP contribution is 2.55. The molecule has 3 aliphatic carbocycles. The summed E-state index contributed by atoms with van der Waals surface area (Å²) in [6.45, 7) is 8.26. The van der Waals surface area contributed by atoms with Gasteiger partial charge in [0.15, 0.2) is 30.0 Å². The van der Waals surface area contributed by atoms with Crippen LogP contribution in [-0.4, -0.2) is 122 Å². The van der Waals surface area contributed by atoms with Gasteiger partial charge < -0.3 is 63.8 Å². The number of fused-ring (bicyclic) bond motifs is 3. The van der Waals surface area contributed by atoms with E-state index in [0.29, 0.717) is 37.7 Å². The van der Waals surface area contributed by atoms with E-state index in [1.807, 2.05) is 25.2 Å². The monoisotopic (exact) mass is 956 g/mol. The van der Waals surface area contributed by atoms with Gasteiger partial charge in [0.2, 0.25) is 0 Å². The van der Waals surface area contributed by atoms with Crippen LogP contribution in [0.4, 0.5) is 0 Å². The summed E-state index contributed by atoms with van der Waals surface area (Å²) in [4.78, 5) is 53.5. The number of ether oxygens (including phenoxy) is 7. The summed E-state index contributed by atoms with van der Waals surface area (Å²) < 4.78 is 42.2. The van der Waals surface area contributed by atoms with E-state index in [-0.39, 0.29) is 52.5 Å². The highest BCUT2D eigenvalue weighted by molar-refractivity contribution is 6.32. The molecule has 3 fully saturated rings. The quantitative estimate of drug-likeness (QED) is 0.110. The lowest BCUT2D eigenvalue weighted by Gasteiger charge is -2.51. The number of hydrogen-bond acceptors (Lipinski definition) is 16. The largest absolute Gasteiger partial charge is 0.507 e. The summed E-state index contributed by atoms with van der Waals surface area (Å²) in [5.41, 5.74) is -2.56. The van der Waals surface area contributed by atoms with Gasteiger partial charge in [-0.15, -0.1) is 0 Å². The van der Waals surface area contributed by atoms with Crippen molar-refractivity contribution in [3.05, 3.63) is 75.8 Å². The number of esters is 3. The molecule has 4 heterocycles. The van der Waals surface area contributed by atoms with E-state index < -0.39 is 120 Å². The summed E-state index contributed by atoms with van der Waals surface area (Å²) in [7, 11) is 0. The molecule has 8 rings (SSSR count). The number of benzene rings is 1. The molecule has 7 aliphatic rings. The second-order valence-electron chi connectivity index (χ2n) is 19.5. The molecule has 1 aromatic rings. The molecule has 366 valence electrons. The molecule has 4 aliphatic heterocycles. The van der Waals surface area contributed by atoms with Gasteiger partial charge >= 0.3 is 23.9 Å². The van der Waals surface area contributed by atoms with Crippen LogP contribution in [0.25, 0.3) is 0 Å². The number of aromatic hydroxyl groups is 1. The van der Waals surface area contributed by atoms with Crippen molar-refractivity contribution in [1.82, 2.24) is 0 Å². The Balaban J connectivity index is 0.950. The predicted molar refractivity (Wildman–Crippen MR) is 235 cm³/mol. The first-order valence-electron chi connectivity index (χ1n) is 23.3. The number of allylic oxidation sites excluding steroid dienone is 2. The lowest BCUT2D eigenvalue weighted by atomic mass is 9.55. The summed E-state index contributed by atoms with van der Waals surface area (Å²) in [6, 6.07) is 2.71. The van der Waals surface area contributed by atoms with Crippen LogP contribution in [0.1, 0.15) is 101 Å². The molecule has 1 aromatic carbocycles. The number of carboxylic acid groups (broad SMARTS) is 1. The predicted octanol–water partition coefficient (Wildman–Crippen LogP) is 5.63. The van der Waals surface area contributed by atoms with Gasteiger partial charge in [-0.05, 0) is 95.2 Å². The molecule has 17 unspecified atom stereocenters. The van der Waals surface area contributed by atoms with Crippen LogP contribution < -0.4 is 0 Å². The Morgan fingerprint density at radius 1 is 0.896 bits per heavy atom. The summed E-state index contributed by atoms with van der Waals surface area (Å²) in [5.74, 6) is -7.70. The van der Waals surface area contributed by atoms with Gasteiger partial charge in [0, 0.05) is 35.3 Å². The Bertz CT molecular complexity index is 2230. The number of rotatable bonds is 7. The Hall–Kier alpha value is -4.33. The normalized spacial score (nSPS) is 41.1. The molecule has 1 saturated carbocycles. The third kappa shape index (κ3) is 8.95. The van der Waals surface area contributed by atoms with Gasteiger partial charge in [0.05, 0.1) is 29.8 Å². The minimum absolute atomic E-state index is 0.0323. The van der Waals surface area contributed by atoms with Gasteiger partial charge in [-0.25, -0.2) is 14.4 Å². The first-order chi connectivity index (χ1) is 31.8. The van der Waals surface area contributed by atoms with Crippen LogP contribution in [0.3, 0.4) is 0 Å². The number of halogens is 1. The molecule has 17 nitrogen and oxygen atoms in total. The fourth-order valence-electron chi connectivity index (χ4n) is 11.5. The van der Waals surface area contributed by atoms with E-state index in [2.05, 4.69) is 0 Å². The van der Waals surface area contributed by atoms with Gasteiger partial charge in [0.1, 0.15) is 29.6 Å². The van der Waals surface area contributed by atoms with Crippen LogP contribution in [-0.2, 0) is 47.5 Å². The molecular weight excluding hydrogens is 896 g/mol. The maximum atomic E-state index is 14.7. The van der Waals surface area contributed by atoms with Crippen molar-refractivity contribution in [3.63, 3.8) is 0 Å². The number of aliphatic hydroxyl groups is 4. The van der Waals surface area contributed by atoms with Crippen molar-refractivity contribution in [2.75, 3.05) is 0 Å². The first kappa shape index (κ1) is 49.1.